The molecule has 3 heterocycles. The number of fused-ring (bicyclic) bond motifs is 2. The van der Waals surface area contributed by atoms with Crippen LogP contribution in [0, 0.1) is 0 Å². The second kappa shape index (κ2) is 5.56. The first kappa shape index (κ1) is 16.6. The lowest BCUT2D eigenvalue weighted by molar-refractivity contribution is -0.358. The average Bonchev–Trinajstić information content (AvgIpc) is 3.06. The molecule has 2 aliphatic rings. The largest absolute Gasteiger partial charge is 0.738 e. The van der Waals surface area contributed by atoms with E-state index in [1.165, 1.54) is 0 Å². The number of halogens is 6. The number of allylic oxidation sites excluding steroid dienone is 2. The van der Waals surface area contributed by atoms with Crippen LogP contribution < -0.4 is 0 Å². The van der Waals surface area contributed by atoms with Gasteiger partial charge in [-0.3, -0.25) is 0 Å². The summed E-state index contributed by atoms with van der Waals surface area (Å²) in [6.45, 7) is -4.03. The van der Waals surface area contributed by atoms with Gasteiger partial charge in [-0.1, -0.05) is 29.3 Å². The van der Waals surface area contributed by atoms with E-state index in [0.717, 1.165) is 8.96 Å². The Morgan fingerprint density at radius 2 is 1.79 bits per heavy atom. The molecule has 0 bridgehead atoms. The molecule has 0 amide bonds. The molecule has 1 aromatic heterocycles. The zero-order valence-electron chi connectivity index (χ0n) is 11.8. The lowest BCUT2D eigenvalue weighted by atomic mass is 9.86. The van der Waals surface area contributed by atoms with Crippen molar-refractivity contribution in [1.82, 2.24) is 4.48 Å². The second-order valence-corrected chi connectivity index (χ2v) is 7.88. The van der Waals surface area contributed by atoms with Gasteiger partial charge >= 0.3 is 6.97 Å². The molecule has 2 nitrogen and oxygen atoms in total. The number of aromatic nitrogens is 1. The molecule has 0 saturated carbocycles. The SMILES string of the molecule is F[B-]1(F)n2c(Br)ccc2C(c2ccc(Cl)cc2Cl)=C2C=CC(Br)=[N+]21. The Bertz CT molecular complexity index is 995. The molecule has 0 fully saturated rings. The minimum atomic E-state index is -4.03. The van der Waals surface area contributed by atoms with Crippen molar-refractivity contribution in [2.45, 2.75) is 0 Å². The lowest BCUT2D eigenvalue weighted by Crippen LogP contribution is -2.50. The molecule has 1 aromatic carbocycles. The van der Waals surface area contributed by atoms with Gasteiger partial charge in [-0.15, -0.1) is 0 Å². The molecule has 4 rings (SSSR count). The van der Waals surface area contributed by atoms with Gasteiger partial charge < -0.3 is 17.6 Å². The Labute approximate surface area is 163 Å². The Hall–Kier alpha value is -0.885. The van der Waals surface area contributed by atoms with E-state index in [-0.39, 0.29) is 0 Å². The fourth-order valence-electron chi connectivity index (χ4n) is 3.10. The molecule has 9 heteroatoms. The topological polar surface area (TPSA) is 7.94 Å². The third-order valence-corrected chi connectivity index (χ3v) is 5.91. The first-order valence-electron chi connectivity index (χ1n) is 6.91. The first-order valence-corrected chi connectivity index (χ1v) is 9.25. The predicted molar refractivity (Wildman–Crippen MR) is 101 cm³/mol. The molecule has 0 radical (unpaired) electrons. The van der Waals surface area contributed by atoms with Gasteiger partial charge in [0.05, 0.1) is 15.2 Å². The molecule has 122 valence electrons. The van der Waals surface area contributed by atoms with Crippen LogP contribution in [0.4, 0.5) is 8.63 Å². The van der Waals surface area contributed by atoms with Crippen LogP contribution >= 0.6 is 55.1 Å². The maximum atomic E-state index is 15.1. The lowest BCUT2D eigenvalue weighted by Gasteiger charge is -2.32. The van der Waals surface area contributed by atoms with E-state index in [4.69, 9.17) is 23.2 Å². The summed E-state index contributed by atoms with van der Waals surface area (Å²) in [5.74, 6) is 0. The third-order valence-electron chi connectivity index (χ3n) is 4.07. The van der Waals surface area contributed by atoms with Crippen LogP contribution in [-0.2, 0) is 0 Å². The number of hydrogen-bond donors (Lipinski definition) is 0. The fourth-order valence-corrected chi connectivity index (χ4v) is 4.74. The van der Waals surface area contributed by atoms with Gasteiger partial charge in [-0.05, 0) is 40.2 Å². The Morgan fingerprint density at radius 3 is 2.50 bits per heavy atom. The summed E-state index contributed by atoms with van der Waals surface area (Å²) in [6.07, 6.45) is 3.26. The van der Waals surface area contributed by atoms with Crippen molar-refractivity contribution < 1.29 is 13.1 Å². The molecule has 0 unspecified atom stereocenters. The molecule has 0 saturated heterocycles. The van der Waals surface area contributed by atoms with Crippen LogP contribution in [0.3, 0.4) is 0 Å². The molecule has 2 aliphatic heterocycles. The molecule has 0 spiro atoms. The summed E-state index contributed by atoms with van der Waals surface area (Å²) in [7, 11) is 0. The third kappa shape index (κ3) is 2.21. The monoisotopic (exact) mass is 492 g/mol. The highest BCUT2D eigenvalue weighted by Crippen LogP contribution is 2.43. The van der Waals surface area contributed by atoms with E-state index in [9.17, 15) is 0 Å². The highest BCUT2D eigenvalue weighted by Gasteiger charge is 2.54. The number of nitrogens with zero attached hydrogens (tertiary/aromatic N) is 2. The summed E-state index contributed by atoms with van der Waals surface area (Å²) >= 11 is 18.8. The van der Waals surface area contributed by atoms with E-state index >= 15 is 8.63 Å². The standard InChI is InChI=1S/C15H7BBr2Cl2F2N2/c17-13-5-3-11-15(9-2-1-8(19)7-10(9)20)12-4-6-14(18)24(12)16(21,22)23(11)13/h1-7H. The molecule has 0 N–H and O–H groups in total. The van der Waals surface area contributed by atoms with Crippen LogP contribution in [0.15, 0.2) is 52.8 Å². The molecular formula is C15H7BBr2Cl2F2N2. The van der Waals surface area contributed by atoms with Gasteiger partial charge in [-0.2, -0.15) is 0 Å². The van der Waals surface area contributed by atoms with E-state index in [1.54, 1.807) is 42.5 Å². The van der Waals surface area contributed by atoms with Crippen LogP contribution in [0.5, 0.6) is 0 Å². The van der Waals surface area contributed by atoms with E-state index in [1.807, 2.05) is 0 Å². The highest BCUT2D eigenvalue weighted by atomic mass is 79.9. The minimum Gasteiger partial charge on any atom is -0.389 e. The van der Waals surface area contributed by atoms with Crippen molar-refractivity contribution in [1.29, 1.82) is 0 Å². The second-order valence-electron chi connectivity index (χ2n) is 5.41. The Kier molecular flexibility index (Phi) is 3.84. The van der Waals surface area contributed by atoms with Crippen molar-refractivity contribution in [2.24, 2.45) is 0 Å². The van der Waals surface area contributed by atoms with Crippen LogP contribution in [0.2, 0.25) is 10.0 Å². The van der Waals surface area contributed by atoms with E-state index in [0.29, 0.717) is 41.8 Å². The van der Waals surface area contributed by atoms with Crippen molar-refractivity contribution in [3.8, 4) is 0 Å². The van der Waals surface area contributed by atoms with Gasteiger partial charge in [0.25, 0.3) is 0 Å². The summed E-state index contributed by atoms with van der Waals surface area (Å²) in [5, 5.41) is 0.894. The number of rotatable bonds is 1. The van der Waals surface area contributed by atoms with Crippen molar-refractivity contribution in [2.75, 3.05) is 0 Å². The Morgan fingerprint density at radius 1 is 1.04 bits per heavy atom. The zero-order chi connectivity index (χ0) is 17.2. The summed E-state index contributed by atoms with van der Waals surface area (Å²) < 4.78 is 32.8. The maximum absolute atomic E-state index is 15.1. The number of hydrogen-bond acceptors (Lipinski definition) is 0. The first-order chi connectivity index (χ1) is 11.3. The van der Waals surface area contributed by atoms with Crippen molar-refractivity contribution in [3.63, 3.8) is 0 Å². The van der Waals surface area contributed by atoms with E-state index < -0.39 is 6.97 Å². The Balaban J connectivity index is 2.12. The zero-order valence-corrected chi connectivity index (χ0v) is 16.5. The highest BCUT2D eigenvalue weighted by molar-refractivity contribution is 9.18. The fraction of sp³-hybridized carbons (Fsp3) is 0. The van der Waals surface area contributed by atoms with Gasteiger partial charge in [0, 0.05) is 44.4 Å². The van der Waals surface area contributed by atoms with Crippen LogP contribution in [-0.4, -0.2) is 20.6 Å². The van der Waals surface area contributed by atoms with E-state index in [2.05, 4.69) is 31.9 Å². The van der Waals surface area contributed by atoms with Gasteiger partial charge in [0.15, 0.2) is 5.70 Å². The maximum Gasteiger partial charge on any atom is 0.738 e. The molecular weight excluding hydrogens is 488 g/mol. The summed E-state index contributed by atoms with van der Waals surface area (Å²) in [6, 6.07) is 8.30. The predicted octanol–water partition coefficient (Wildman–Crippen LogP) is 5.93. The molecule has 24 heavy (non-hydrogen) atoms. The molecule has 0 aliphatic carbocycles. The molecule has 2 aromatic rings. The van der Waals surface area contributed by atoms with Gasteiger partial charge in [0.1, 0.15) is 0 Å². The quantitative estimate of drug-likeness (QED) is 0.434. The van der Waals surface area contributed by atoms with Crippen molar-refractivity contribution >= 4 is 72.2 Å². The minimum absolute atomic E-state index is 0.302. The normalized spacial score (nSPS) is 18.2. The van der Waals surface area contributed by atoms with Crippen LogP contribution in [0.1, 0.15) is 11.3 Å². The van der Waals surface area contributed by atoms with Crippen LogP contribution in [0.25, 0.3) is 5.57 Å². The summed E-state index contributed by atoms with van der Waals surface area (Å²) in [4.78, 5) is 0. The van der Waals surface area contributed by atoms with Gasteiger partial charge in [0.2, 0.25) is 4.62 Å². The number of benzene rings is 1. The van der Waals surface area contributed by atoms with Crippen molar-refractivity contribution in [3.05, 3.63) is 74.1 Å². The summed E-state index contributed by atoms with van der Waals surface area (Å²) in [5.41, 5.74) is 2.07. The van der Waals surface area contributed by atoms with Gasteiger partial charge in [-0.25, -0.2) is 0 Å². The molecule has 0 atom stereocenters. The smallest absolute Gasteiger partial charge is 0.389 e. The average molecular weight is 495 g/mol.